The van der Waals surface area contributed by atoms with Crippen LogP contribution in [0.2, 0.25) is 0 Å². The maximum Gasteiger partial charge on any atom is 0.358 e. The summed E-state index contributed by atoms with van der Waals surface area (Å²) in [7, 11) is 0. The van der Waals surface area contributed by atoms with Crippen LogP contribution in [0.5, 0.6) is 0 Å². The monoisotopic (exact) mass is 416 g/mol. The predicted octanol–water partition coefficient (Wildman–Crippen LogP) is 4.12. The molecule has 7 heteroatoms. The first-order chi connectivity index (χ1) is 12.6. The Bertz CT molecular complexity index is 992. The second kappa shape index (κ2) is 6.87. The Kier molecular flexibility index (Phi) is 4.56. The first-order valence-corrected chi connectivity index (χ1v) is 9.79. The number of aromatic nitrogens is 3. The fraction of sp³-hybridized carbons (Fsp3) is 0.421. The van der Waals surface area contributed by atoms with Gasteiger partial charge in [-0.05, 0) is 66.7 Å². The van der Waals surface area contributed by atoms with Crippen molar-refractivity contribution >= 4 is 44.4 Å². The van der Waals surface area contributed by atoms with E-state index >= 15 is 0 Å². The van der Waals surface area contributed by atoms with Crippen LogP contribution >= 0.6 is 15.9 Å². The molecular weight excluding hydrogens is 396 g/mol. The molecule has 1 aromatic carbocycles. The number of rotatable bonds is 3. The summed E-state index contributed by atoms with van der Waals surface area (Å²) in [6.07, 6.45) is 5.29. The van der Waals surface area contributed by atoms with Crippen molar-refractivity contribution in [2.45, 2.75) is 33.1 Å². The van der Waals surface area contributed by atoms with Crippen molar-refractivity contribution in [3.05, 3.63) is 34.1 Å². The van der Waals surface area contributed by atoms with Crippen molar-refractivity contribution in [3.63, 3.8) is 0 Å². The van der Waals surface area contributed by atoms with E-state index in [1.807, 2.05) is 11.3 Å². The maximum atomic E-state index is 12.2. The van der Waals surface area contributed by atoms with Crippen LogP contribution in [0.3, 0.4) is 0 Å². The summed E-state index contributed by atoms with van der Waals surface area (Å²) in [6.45, 7) is 6.09. The molecule has 0 N–H and O–H groups in total. The molecule has 1 fully saturated rings. The molecule has 0 unspecified atom stereocenters. The van der Waals surface area contributed by atoms with Gasteiger partial charge in [-0.15, -0.1) is 0 Å². The lowest BCUT2D eigenvalue weighted by Crippen LogP contribution is -2.31. The van der Waals surface area contributed by atoms with E-state index in [0.717, 1.165) is 58.5 Å². The Balaban J connectivity index is 1.99. The summed E-state index contributed by atoms with van der Waals surface area (Å²) in [5.41, 5.74) is 3.03. The van der Waals surface area contributed by atoms with Gasteiger partial charge in [-0.1, -0.05) is 0 Å². The van der Waals surface area contributed by atoms with Gasteiger partial charge in [-0.2, -0.15) is 0 Å². The summed E-state index contributed by atoms with van der Waals surface area (Å²) in [5.74, 6) is 0.431. The minimum atomic E-state index is -0.402. The Labute approximate surface area is 160 Å². The predicted molar refractivity (Wildman–Crippen MR) is 105 cm³/mol. The number of benzene rings is 1. The molecule has 0 bridgehead atoms. The molecule has 26 heavy (non-hydrogen) atoms. The highest BCUT2D eigenvalue weighted by molar-refractivity contribution is 9.10. The van der Waals surface area contributed by atoms with Crippen LogP contribution in [0.1, 0.15) is 42.2 Å². The zero-order chi connectivity index (χ0) is 18.3. The number of carbonyl (C=O) groups is 1. The molecule has 1 aliphatic heterocycles. The summed E-state index contributed by atoms with van der Waals surface area (Å²) < 4.78 is 8.02. The molecule has 3 aromatic rings. The number of fused-ring (bicyclic) bond motifs is 3. The van der Waals surface area contributed by atoms with Crippen LogP contribution < -0.4 is 4.90 Å². The molecule has 2 aromatic heterocycles. The molecule has 3 heterocycles. The van der Waals surface area contributed by atoms with E-state index in [1.165, 1.54) is 6.42 Å². The van der Waals surface area contributed by atoms with Crippen LogP contribution in [0.15, 0.2) is 22.8 Å². The SMILES string of the molecule is CCOC(=O)c1cn2c(N3CCCCC3)nc3c(Br)cc(C)cc3c2n1. The van der Waals surface area contributed by atoms with Crippen LogP contribution in [0.4, 0.5) is 5.95 Å². The number of esters is 1. The average Bonchev–Trinajstić information content (AvgIpc) is 3.08. The summed E-state index contributed by atoms with van der Waals surface area (Å²) in [4.78, 5) is 24.0. The van der Waals surface area contributed by atoms with Crippen LogP contribution in [0, 0.1) is 6.92 Å². The Hall–Kier alpha value is -2.15. The topological polar surface area (TPSA) is 59.7 Å². The van der Waals surface area contributed by atoms with Gasteiger partial charge in [0.1, 0.15) is 5.65 Å². The van der Waals surface area contributed by atoms with Crippen LogP contribution in [0.25, 0.3) is 16.6 Å². The number of hydrogen-bond donors (Lipinski definition) is 0. The number of imidazole rings is 1. The van der Waals surface area contributed by atoms with E-state index in [4.69, 9.17) is 9.72 Å². The number of piperidine rings is 1. The van der Waals surface area contributed by atoms with Gasteiger partial charge in [-0.3, -0.25) is 4.40 Å². The molecule has 0 amide bonds. The molecule has 0 saturated carbocycles. The molecule has 136 valence electrons. The van der Waals surface area contributed by atoms with E-state index in [-0.39, 0.29) is 0 Å². The van der Waals surface area contributed by atoms with E-state index in [1.54, 1.807) is 13.1 Å². The zero-order valence-corrected chi connectivity index (χ0v) is 16.5. The largest absolute Gasteiger partial charge is 0.461 e. The molecule has 4 rings (SSSR count). The van der Waals surface area contributed by atoms with Crippen molar-refractivity contribution in [2.75, 3.05) is 24.6 Å². The van der Waals surface area contributed by atoms with Crippen molar-refractivity contribution in [2.24, 2.45) is 0 Å². The molecule has 6 nitrogen and oxygen atoms in total. The van der Waals surface area contributed by atoms with Gasteiger partial charge in [0.25, 0.3) is 0 Å². The summed E-state index contributed by atoms with van der Waals surface area (Å²) in [5, 5.41) is 0.924. The summed E-state index contributed by atoms with van der Waals surface area (Å²) in [6, 6.07) is 4.12. The first kappa shape index (κ1) is 17.3. The number of halogens is 1. The van der Waals surface area contributed by atoms with Gasteiger partial charge >= 0.3 is 5.97 Å². The fourth-order valence-corrected chi connectivity index (χ4v) is 4.18. The number of anilines is 1. The maximum absolute atomic E-state index is 12.2. The van der Waals surface area contributed by atoms with Gasteiger partial charge in [0.15, 0.2) is 5.69 Å². The van der Waals surface area contributed by atoms with Crippen LogP contribution in [-0.4, -0.2) is 40.0 Å². The third-order valence-electron chi connectivity index (χ3n) is 4.71. The third-order valence-corrected chi connectivity index (χ3v) is 5.31. The van der Waals surface area contributed by atoms with Gasteiger partial charge in [0, 0.05) is 29.1 Å². The highest BCUT2D eigenvalue weighted by Gasteiger charge is 2.22. The molecule has 0 radical (unpaired) electrons. The number of nitrogens with zero attached hydrogens (tertiary/aromatic N) is 4. The fourth-order valence-electron chi connectivity index (χ4n) is 3.52. The van der Waals surface area contributed by atoms with E-state index in [2.05, 4.69) is 37.9 Å². The molecule has 0 spiro atoms. The lowest BCUT2D eigenvalue weighted by atomic mass is 10.1. The van der Waals surface area contributed by atoms with Crippen molar-refractivity contribution in [3.8, 4) is 0 Å². The highest BCUT2D eigenvalue weighted by Crippen LogP contribution is 2.31. The standard InChI is InChI=1S/C19H21BrN4O2/c1-3-26-18(25)15-11-24-17(21-15)13-9-12(2)10-14(20)16(13)22-19(24)23-7-5-4-6-8-23/h9-11H,3-8H2,1-2H3. The Morgan fingerprint density at radius 1 is 1.23 bits per heavy atom. The lowest BCUT2D eigenvalue weighted by molar-refractivity contribution is 0.0520. The van der Waals surface area contributed by atoms with Crippen molar-refractivity contribution in [1.29, 1.82) is 0 Å². The molecule has 1 aliphatic rings. The van der Waals surface area contributed by atoms with E-state index in [0.29, 0.717) is 12.3 Å². The molecular formula is C19H21BrN4O2. The molecule has 0 aliphatic carbocycles. The second-order valence-electron chi connectivity index (χ2n) is 6.64. The number of carbonyl (C=O) groups excluding carboxylic acids is 1. The quantitative estimate of drug-likeness (QED) is 0.600. The minimum absolute atomic E-state index is 0.317. The van der Waals surface area contributed by atoms with Crippen molar-refractivity contribution in [1.82, 2.24) is 14.4 Å². The smallest absolute Gasteiger partial charge is 0.358 e. The minimum Gasteiger partial charge on any atom is -0.461 e. The first-order valence-electron chi connectivity index (χ1n) is 8.99. The normalized spacial score (nSPS) is 15.0. The number of aryl methyl sites for hydroxylation is 1. The van der Waals surface area contributed by atoms with E-state index in [9.17, 15) is 4.79 Å². The number of ether oxygens (including phenoxy) is 1. The zero-order valence-electron chi connectivity index (χ0n) is 15.0. The molecule has 0 atom stereocenters. The Morgan fingerprint density at radius 3 is 2.73 bits per heavy atom. The number of hydrogen-bond acceptors (Lipinski definition) is 5. The van der Waals surface area contributed by atoms with Gasteiger partial charge < -0.3 is 9.64 Å². The lowest BCUT2D eigenvalue weighted by Gasteiger charge is -2.28. The third kappa shape index (κ3) is 2.94. The molecule has 1 saturated heterocycles. The van der Waals surface area contributed by atoms with Gasteiger partial charge in [-0.25, -0.2) is 14.8 Å². The Morgan fingerprint density at radius 2 is 2.00 bits per heavy atom. The van der Waals surface area contributed by atoms with Crippen LogP contribution in [-0.2, 0) is 4.74 Å². The van der Waals surface area contributed by atoms with Gasteiger partial charge in [0.05, 0.1) is 12.1 Å². The van der Waals surface area contributed by atoms with Gasteiger partial charge in [0.2, 0.25) is 5.95 Å². The second-order valence-corrected chi connectivity index (χ2v) is 7.50. The average molecular weight is 417 g/mol. The summed E-state index contributed by atoms with van der Waals surface area (Å²) >= 11 is 3.64. The van der Waals surface area contributed by atoms with Crippen molar-refractivity contribution < 1.29 is 9.53 Å². The van der Waals surface area contributed by atoms with E-state index < -0.39 is 5.97 Å². The highest BCUT2D eigenvalue weighted by atomic mass is 79.9.